The van der Waals surface area contributed by atoms with Gasteiger partial charge in [-0.2, -0.15) is 0 Å². The zero-order valence-corrected chi connectivity index (χ0v) is 16.4. The molecule has 0 fully saturated rings. The van der Waals surface area contributed by atoms with E-state index in [1.807, 2.05) is 31.2 Å². The van der Waals surface area contributed by atoms with E-state index in [1.165, 1.54) is 11.8 Å². The molecule has 0 aliphatic heterocycles. The van der Waals surface area contributed by atoms with Gasteiger partial charge in [-0.05, 0) is 31.5 Å². The van der Waals surface area contributed by atoms with Crippen molar-refractivity contribution in [3.8, 4) is 0 Å². The Labute approximate surface area is 158 Å². The Kier molecular flexibility index (Phi) is 6.20. The summed E-state index contributed by atoms with van der Waals surface area (Å²) in [7, 11) is -2.35. The molecule has 0 radical (unpaired) electrons. The lowest BCUT2D eigenvalue weighted by Crippen LogP contribution is -2.48. The van der Waals surface area contributed by atoms with E-state index in [0.717, 1.165) is 39.9 Å². The summed E-state index contributed by atoms with van der Waals surface area (Å²) < 4.78 is 52.0. The number of benzene rings is 2. The molecule has 0 unspecified atom stereocenters. The van der Waals surface area contributed by atoms with E-state index in [9.17, 15) is 22.0 Å². The number of sulfonamides is 1. The Balaban J connectivity index is 2.28. The van der Waals surface area contributed by atoms with Gasteiger partial charge in [0.25, 0.3) is 0 Å². The van der Waals surface area contributed by atoms with Gasteiger partial charge < -0.3 is 4.90 Å². The lowest BCUT2D eigenvalue weighted by molar-refractivity contribution is -0.131. The number of amides is 1. The molecule has 0 spiro atoms. The summed E-state index contributed by atoms with van der Waals surface area (Å²) in [6, 6.07) is 9.20. The van der Waals surface area contributed by atoms with Crippen molar-refractivity contribution in [2.45, 2.75) is 26.4 Å². The van der Waals surface area contributed by atoms with Gasteiger partial charge in [-0.1, -0.05) is 29.8 Å². The minimum atomic E-state index is -3.91. The Morgan fingerprint density at radius 2 is 1.67 bits per heavy atom. The minimum Gasteiger partial charge on any atom is -0.340 e. The van der Waals surface area contributed by atoms with Crippen LogP contribution in [0, 0.1) is 18.6 Å². The molecule has 5 nitrogen and oxygen atoms in total. The molecule has 27 heavy (non-hydrogen) atoms. The third-order valence-electron chi connectivity index (χ3n) is 4.14. The normalized spacial score (nSPS) is 12.5. The number of hydrogen-bond acceptors (Lipinski definition) is 3. The fraction of sp³-hybridized carbons (Fsp3) is 0.316. The second kappa shape index (κ2) is 8.04. The molecule has 0 saturated carbocycles. The predicted octanol–water partition coefficient (Wildman–Crippen LogP) is 3.09. The molecule has 0 bridgehead atoms. The maximum absolute atomic E-state index is 13.6. The maximum atomic E-state index is 13.6. The molecule has 1 amide bonds. The minimum absolute atomic E-state index is 0.110. The number of rotatable bonds is 6. The maximum Gasteiger partial charge on any atom is 0.246 e. The highest BCUT2D eigenvalue weighted by Crippen LogP contribution is 2.24. The van der Waals surface area contributed by atoms with Crippen molar-refractivity contribution in [3.63, 3.8) is 0 Å². The molecule has 0 heterocycles. The molecule has 0 aromatic heterocycles. The number of hydrogen-bond donors (Lipinski definition) is 0. The van der Waals surface area contributed by atoms with Crippen LogP contribution in [-0.2, 0) is 21.4 Å². The second-order valence-corrected chi connectivity index (χ2v) is 8.37. The van der Waals surface area contributed by atoms with Crippen LogP contribution in [0.2, 0.25) is 0 Å². The predicted molar refractivity (Wildman–Crippen MR) is 101 cm³/mol. The lowest BCUT2D eigenvalue weighted by Gasteiger charge is -2.31. The van der Waals surface area contributed by atoms with Gasteiger partial charge in [0.2, 0.25) is 15.9 Å². The summed E-state index contributed by atoms with van der Waals surface area (Å²) in [4.78, 5) is 14.2. The largest absolute Gasteiger partial charge is 0.340 e. The van der Waals surface area contributed by atoms with Gasteiger partial charge in [-0.15, -0.1) is 0 Å². The fourth-order valence-electron chi connectivity index (χ4n) is 2.79. The Hall–Kier alpha value is -2.48. The van der Waals surface area contributed by atoms with Crippen molar-refractivity contribution in [3.05, 3.63) is 65.2 Å². The second-order valence-electron chi connectivity index (χ2n) is 6.51. The van der Waals surface area contributed by atoms with Crippen molar-refractivity contribution in [2.24, 2.45) is 0 Å². The van der Waals surface area contributed by atoms with Crippen LogP contribution in [0.1, 0.15) is 18.1 Å². The summed E-state index contributed by atoms with van der Waals surface area (Å²) >= 11 is 0. The monoisotopic (exact) mass is 396 g/mol. The third-order valence-corrected chi connectivity index (χ3v) is 5.38. The first-order valence-electron chi connectivity index (χ1n) is 8.25. The SMILES string of the molecule is Cc1ccc(CN(C)C(=O)[C@@H](C)N(c2ccc(F)c(F)c2)S(C)(=O)=O)cc1. The van der Waals surface area contributed by atoms with Gasteiger partial charge in [-0.25, -0.2) is 17.2 Å². The van der Waals surface area contributed by atoms with Crippen LogP contribution in [-0.4, -0.2) is 38.6 Å². The molecule has 0 saturated heterocycles. The van der Waals surface area contributed by atoms with Crippen molar-refractivity contribution in [1.29, 1.82) is 0 Å². The molecule has 8 heteroatoms. The van der Waals surface area contributed by atoms with E-state index in [4.69, 9.17) is 0 Å². The highest BCUT2D eigenvalue weighted by molar-refractivity contribution is 7.92. The van der Waals surface area contributed by atoms with Crippen LogP contribution in [0.3, 0.4) is 0 Å². The molecule has 146 valence electrons. The van der Waals surface area contributed by atoms with Gasteiger partial charge in [-0.3, -0.25) is 9.10 Å². The fourth-order valence-corrected chi connectivity index (χ4v) is 3.95. The average Bonchev–Trinajstić information content (AvgIpc) is 2.58. The zero-order valence-electron chi connectivity index (χ0n) is 15.6. The average molecular weight is 396 g/mol. The summed E-state index contributed by atoms with van der Waals surface area (Å²) in [5.74, 6) is -2.75. The first kappa shape index (κ1) is 20.8. The third kappa shape index (κ3) is 5.03. The first-order chi connectivity index (χ1) is 12.5. The summed E-state index contributed by atoms with van der Waals surface area (Å²) in [5, 5.41) is 0. The number of carbonyl (C=O) groups is 1. The number of aryl methyl sites for hydroxylation is 1. The Bertz CT molecular complexity index is 930. The van der Waals surface area contributed by atoms with E-state index in [1.54, 1.807) is 7.05 Å². The topological polar surface area (TPSA) is 57.7 Å². The molecule has 1 atom stereocenters. The highest BCUT2D eigenvalue weighted by atomic mass is 32.2. The molecule has 0 N–H and O–H groups in total. The van der Waals surface area contributed by atoms with Crippen molar-refractivity contribution in [1.82, 2.24) is 4.90 Å². The van der Waals surface area contributed by atoms with E-state index >= 15 is 0 Å². The first-order valence-corrected chi connectivity index (χ1v) is 10.1. The molecule has 2 rings (SSSR count). The Morgan fingerprint density at radius 3 is 2.19 bits per heavy atom. The van der Waals surface area contributed by atoms with Crippen LogP contribution in [0.25, 0.3) is 0 Å². The van der Waals surface area contributed by atoms with Gasteiger partial charge in [0.05, 0.1) is 11.9 Å². The van der Waals surface area contributed by atoms with E-state index in [0.29, 0.717) is 6.54 Å². The van der Waals surface area contributed by atoms with Crippen molar-refractivity contribution in [2.75, 3.05) is 17.6 Å². The number of carbonyl (C=O) groups excluding carboxylic acids is 1. The van der Waals surface area contributed by atoms with Crippen LogP contribution >= 0.6 is 0 Å². The van der Waals surface area contributed by atoms with Crippen LogP contribution in [0.4, 0.5) is 14.5 Å². The number of likely N-dealkylation sites (N-methyl/N-ethyl adjacent to an activating group) is 1. The van der Waals surface area contributed by atoms with E-state index in [-0.39, 0.29) is 5.69 Å². The highest BCUT2D eigenvalue weighted by Gasteiger charge is 2.31. The number of halogens is 2. The zero-order chi connectivity index (χ0) is 20.4. The van der Waals surface area contributed by atoms with Gasteiger partial charge in [0, 0.05) is 19.7 Å². The standard InChI is InChI=1S/C19H22F2N2O3S/c1-13-5-7-15(8-6-13)12-22(3)19(24)14(2)23(27(4,25)26)16-9-10-17(20)18(21)11-16/h5-11,14H,12H2,1-4H3/t14-/m1/s1. The summed E-state index contributed by atoms with van der Waals surface area (Å²) in [5.41, 5.74) is 1.87. The molecule has 2 aromatic rings. The molecule has 0 aliphatic rings. The lowest BCUT2D eigenvalue weighted by atomic mass is 10.1. The Morgan fingerprint density at radius 1 is 1.07 bits per heavy atom. The molecule has 0 aliphatic carbocycles. The smallest absolute Gasteiger partial charge is 0.246 e. The van der Waals surface area contributed by atoms with E-state index < -0.39 is 33.6 Å². The summed E-state index contributed by atoms with van der Waals surface area (Å²) in [6.07, 6.45) is 0.915. The van der Waals surface area contributed by atoms with Crippen molar-refractivity contribution < 1.29 is 22.0 Å². The summed E-state index contributed by atoms with van der Waals surface area (Å²) in [6.45, 7) is 3.65. The van der Waals surface area contributed by atoms with Crippen LogP contribution in [0.15, 0.2) is 42.5 Å². The number of anilines is 1. The van der Waals surface area contributed by atoms with Crippen LogP contribution in [0.5, 0.6) is 0 Å². The molecular formula is C19H22F2N2O3S. The van der Waals surface area contributed by atoms with Gasteiger partial charge in [0.1, 0.15) is 6.04 Å². The quantitative estimate of drug-likeness (QED) is 0.754. The molecule has 2 aromatic carbocycles. The van der Waals surface area contributed by atoms with Crippen LogP contribution < -0.4 is 4.31 Å². The van der Waals surface area contributed by atoms with Crippen molar-refractivity contribution >= 4 is 21.6 Å². The van der Waals surface area contributed by atoms with E-state index in [2.05, 4.69) is 0 Å². The van der Waals surface area contributed by atoms with Gasteiger partial charge in [0.15, 0.2) is 11.6 Å². The molecular weight excluding hydrogens is 374 g/mol. The van der Waals surface area contributed by atoms with Gasteiger partial charge >= 0.3 is 0 Å². The number of nitrogens with zero attached hydrogens (tertiary/aromatic N) is 2.